The molecule has 2 aliphatic heterocycles. The van der Waals surface area contributed by atoms with Crippen molar-refractivity contribution in [3.63, 3.8) is 0 Å². The molecule has 86 heavy (non-hydrogen) atoms. The van der Waals surface area contributed by atoms with Gasteiger partial charge in [-0.2, -0.15) is 0 Å². The highest BCUT2D eigenvalue weighted by Crippen LogP contribution is 2.31. The molecule has 12 N–H and O–H groups in total. The van der Waals surface area contributed by atoms with Crippen LogP contribution in [0, 0.1) is 23.7 Å². The van der Waals surface area contributed by atoms with E-state index in [0.717, 1.165) is 49.6 Å². The number of carboxylic acids is 3. The van der Waals surface area contributed by atoms with Gasteiger partial charge in [-0.1, -0.05) is 85.6 Å². The van der Waals surface area contributed by atoms with Gasteiger partial charge in [-0.05, 0) is 44.1 Å². The Labute approximate surface area is 512 Å². The SMILES string of the molecule is CCCOCCOCCn1cc(CCCC(=O)N[C@H]2CSSC[C@@H](C(=O)O)CC(=O)[C@H](Cc3ccccc3)NC(=O)[C@@H]3CSSC[C@H](NC(=O)[C@H](CC(=O)O)CC2=O)C(=O)C[C@@H](CCCN=C(N)N)C(=O)NCC(=O)N[C@@H](CC(=O)O)C(=O)C3)nn1. The second kappa shape index (κ2) is 39.2. The first-order valence-electron chi connectivity index (χ1n) is 28.0. The number of ether oxygens (including phenoxy) is 2. The van der Waals surface area contributed by atoms with Crippen LogP contribution in [0.5, 0.6) is 0 Å². The van der Waals surface area contributed by atoms with E-state index < -0.39 is 163 Å². The molecular formula is C54H77N11O17S4. The van der Waals surface area contributed by atoms with E-state index in [0.29, 0.717) is 50.7 Å². The summed E-state index contributed by atoms with van der Waals surface area (Å²) in [5, 5.41) is 51.2. The van der Waals surface area contributed by atoms with Crippen LogP contribution in [0.1, 0.15) is 88.8 Å². The Bertz CT molecular complexity index is 2670. The molecule has 2 fully saturated rings. The predicted molar refractivity (Wildman–Crippen MR) is 320 cm³/mol. The van der Waals surface area contributed by atoms with E-state index in [2.05, 4.69) is 41.9 Å². The summed E-state index contributed by atoms with van der Waals surface area (Å²) in [7, 11) is 3.77. The number of carboxylic acid groups (broad SMARTS) is 3. The Balaban J connectivity index is 1.71. The molecule has 2 aliphatic rings. The fraction of sp³-hybridized carbons (Fsp3) is 0.611. The zero-order valence-corrected chi connectivity index (χ0v) is 51.0. The number of aryl methyl sites for hydroxylation is 1. The van der Waals surface area contributed by atoms with E-state index >= 15 is 0 Å². The highest BCUT2D eigenvalue weighted by atomic mass is 33.1. The zero-order chi connectivity index (χ0) is 63.0. The number of aromatic nitrogens is 3. The van der Waals surface area contributed by atoms with Crippen molar-refractivity contribution in [1.29, 1.82) is 0 Å². The number of rotatable bonds is 24. The van der Waals surface area contributed by atoms with E-state index in [1.807, 2.05) is 6.92 Å². The van der Waals surface area contributed by atoms with Crippen molar-refractivity contribution in [2.45, 2.75) is 121 Å². The molecule has 0 unspecified atom stereocenters. The number of carbonyl (C=O) groups excluding carboxylic acids is 9. The van der Waals surface area contributed by atoms with Crippen LogP contribution in [-0.4, -0.2) is 194 Å². The van der Waals surface area contributed by atoms with Crippen molar-refractivity contribution in [2.24, 2.45) is 40.1 Å². The number of Topliss-reactive ketones (excluding diaryl/α,β-unsaturated/α-hetero) is 4. The van der Waals surface area contributed by atoms with E-state index in [4.69, 9.17) is 20.9 Å². The zero-order valence-electron chi connectivity index (χ0n) is 47.7. The smallest absolute Gasteiger partial charge is 0.307 e. The van der Waals surface area contributed by atoms with Gasteiger partial charge in [-0.25, -0.2) is 4.68 Å². The third-order valence-electron chi connectivity index (χ3n) is 13.4. The Morgan fingerprint density at radius 3 is 2.09 bits per heavy atom. The van der Waals surface area contributed by atoms with Crippen LogP contribution in [0.2, 0.25) is 0 Å². The van der Waals surface area contributed by atoms with E-state index in [1.54, 1.807) is 41.2 Å². The highest BCUT2D eigenvalue weighted by Gasteiger charge is 2.37. The van der Waals surface area contributed by atoms with Crippen molar-refractivity contribution in [1.82, 2.24) is 41.6 Å². The van der Waals surface area contributed by atoms with E-state index in [-0.39, 0.29) is 67.6 Å². The lowest BCUT2D eigenvalue weighted by atomic mass is 9.92. The molecule has 0 aliphatic carbocycles. The second-order valence-electron chi connectivity index (χ2n) is 20.4. The van der Waals surface area contributed by atoms with Gasteiger partial charge in [0.25, 0.3) is 0 Å². The minimum absolute atomic E-state index is 0.0197. The average molecular weight is 1280 g/mol. The number of nitrogens with one attached hydrogen (secondary N) is 5. The molecule has 32 heteroatoms. The van der Waals surface area contributed by atoms with Crippen LogP contribution >= 0.6 is 43.2 Å². The number of fused-ring (bicyclic) bond motifs is 5. The van der Waals surface area contributed by atoms with Gasteiger partial charge in [-0.15, -0.1) is 5.10 Å². The highest BCUT2D eigenvalue weighted by molar-refractivity contribution is 8.77. The van der Waals surface area contributed by atoms with Gasteiger partial charge in [0.05, 0.1) is 93.4 Å². The maximum Gasteiger partial charge on any atom is 0.307 e. The molecule has 2 saturated heterocycles. The summed E-state index contributed by atoms with van der Waals surface area (Å²) >= 11 is 0. The van der Waals surface area contributed by atoms with Gasteiger partial charge in [0.2, 0.25) is 29.5 Å². The summed E-state index contributed by atoms with van der Waals surface area (Å²) in [5.74, 6) is -18.7. The van der Waals surface area contributed by atoms with Crippen LogP contribution in [-0.2, 0) is 86.4 Å². The number of nitrogens with two attached hydrogens (primary N) is 2. The fourth-order valence-corrected chi connectivity index (χ4v) is 13.8. The predicted octanol–water partition coefficient (Wildman–Crippen LogP) is 0.521. The molecule has 8 atom stereocenters. The summed E-state index contributed by atoms with van der Waals surface area (Å²) in [4.78, 5) is 168. The molecule has 1 aromatic heterocycles. The number of nitrogens with zero attached hydrogens (tertiary/aromatic N) is 4. The second-order valence-corrected chi connectivity index (χ2v) is 25.5. The molecule has 5 amide bonds. The maximum absolute atomic E-state index is 14.5. The molecule has 0 saturated carbocycles. The van der Waals surface area contributed by atoms with Crippen LogP contribution < -0.4 is 38.1 Å². The molecule has 4 rings (SSSR count). The van der Waals surface area contributed by atoms with Gasteiger partial charge in [0, 0.05) is 80.4 Å². The Morgan fingerprint density at radius 1 is 0.721 bits per heavy atom. The van der Waals surface area contributed by atoms with Crippen LogP contribution in [0.25, 0.3) is 0 Å². The lowest BCUT2D eigenvalue weighted by molar-refractivity contribution is -0.143. The summed E-state index contributed by atoms with van der Waals surface area (Å²) in [6.45, 7) is 3.52. The fourth-order valence-electron chi connectivity index (χ4n) is 8.78. The lowest BCUT2D eigenvalue weighted by Gasteiger charge is -2.25. The van der Waals surface area contributed by atoms with Gasteiger partial charge < -0.3 is 62.8 Å². The van der Waals surface area contributed by atoms with E-state index in [1.165, 1.54) is 0 Å². The number of ketones is 4. The van der Waals surface area contributed by atoms with Crippen LogP contribution in [0.4, 0.5) is 0 Å². The van der Waals surface area contributed by atoms with Crippen molar-refractivity contribution in [3.05, 3.63) is 47.8 Å². The van der Waals surface area contributed by atoms with Crippen LogP contribution in [0.15, 0.2) is 41.5 Å². The van der Waals surface area contributed by atoms with Crippen molar-refractivity contribution in [2.75, 3.05) is 62.5 Å². The van der Waals surface area contributed by atoms with Crippen molar-refractivity contribution >= 4 is 120 Å². The number of amides is 5. The third kappa shape index (κ3) is 27.8. The summed E-state index contributed by atoms with van der Waals surface area (Å²) in [6.07, 6.45) is -1.46. The number of carbonyl (C=O) groups is 12. The standard InChI is InChI=1S/C54H77N11O17S4/c1-2-15-81-17-18-82-16-14-65-27-37(63-64-65)11-6-12-46(70)60-40-30-85-84-29-36(53(79)80)23-43(67)38(19-32-8-4-3-5-9-32)61-52(78)35-22-42(66)39(25-49(74)75)59-47(71)26-58-50(76)33(10-7-13-57-54(55)56)20-44(68)41(31-86-83-28-35)62-51(77)34(21-45(40)69)24-48(72)73/h3-5,8-9,27,33-36,38-41H,2,6-7,10-26,28-31H2,1H3,(H,58,76)(H,59,71)(H,60,70)(H,61,78)(H,62,77)(H,72,73)(H,74,75)(H,79,80)(H4,55,56,57)/t33-,34+,35+,36+,38+,39+,40+,41+/m1/s1. The van der Waals surface area contributed by atoms with Crippen molar-refractivity contribution < 1.29 is 82.3 Å². The lowest BCUT2D eigenvalue weighted by Crippen LogP contribution is -2.50. The molecule has 0 radical (unpaired) electrons. The minimum atomic E-state index is -1.71. The molecule has 3 heterocycles. The molecule has 2 bridgehead atoms. The number of guanidine groups is 1. The van der Waals surface area contributed by atoms with Gasteiger partial charge in [0.15, 0.2) is 29.1 Å². The van der Waals surface area contributed by atoms with Gasteiger partial charge >= 0.3 is 17.9 Å². The molecule has 28 nitrogen and oxygen atoms in total. The summed E-state index contributed by atoms with van der Waals surface area (Å²) < 4.78 is 12.6. The first-order chi connectivity index (χ1) is 41.1. The number of aliphatic carboxylic acids is 3. The van der Waals surface area contributed by atoms with Crippen molar-refractivity contribution in [3.8, 4) is 0 Å². The summed E-state index contributed by atoms with van der Waals surface area (Å²) in [5.41, 5.74) is 12.1. The average Bonchev–Trinajstić information content (AvgIpc) is 4.00. The van der Waals surface area contributed by atoms with Gasteiger partial charge in [0.1, 0.15) is 0 Å². The molecule has 0 spiro atoms. The maximum atomic E-state index is 14.5. The first kappa shape index (κ1) is 71.9. The molecule has 1 aromatic carbocycles. The number of hydrogen-bond acceptors (Lipinski definition) is 21. The van der Waals surface area contributed by atoms with Gasteiger partial charge in [-0.3, -0.25) is 62.5 Å². The number of benzene rings is 1. The third-order valence-corrected chi connectivity index (χ3v) is 18.4. The van der Waals surface area contributed by atoms with Crippen LogP contribution in [0.3, 0.4) is 0 Å². The Kier molecular flexibility index (Phi) is 32.8. The normalized spacial score (nSPS) is 23.2. The Hall–Kier alpha value is -6.61. The number of aliphatic imine (C=N–C) groups is 1. The molecular weight excluding hydrogens is 1200 g/mol. The topological polar surface area (TPSA) is 439 Å². The Morgan fingerprint density at radius 2 is 1.40 bits per heavy atom. The monoisotopic (exact) mass is 1280 g/mol. The molecule has 474 valence electrons. The quantitative estimate of drug-likeness (QED) is 0.0296. The number of hydrogen-bond donors (Lipinski definition) is 10. The molecule has 2 aromatic rings. The first-order valence-corrected chi connectivity index (χ1v) is 33.0. The largest absolute Gasteiger partial charge is 0.481 e. The summed E-state index contributed by atoms with van der Waals surface area (Å²) in [6, 6.07) is 2.50. The van der Waals surface area contributed by atoms with E-state index in [9.17, 15) is 72.9 Å². The minimum Gasteiger partial charge on any atom is -0.481 e.